The molecule has 1 radical (unpaired) electrons. The fraction of sp³-hybridized carbons (Fsp3) is 0.800. The van der Waals surface area contributed by atoms with Crippen molar-refractivity contribution in [3.8, 4) is 0 Å². The quantitative estimate of drug-likeness (QED) is 0.572. The molecule has 0 atom stereocenters. The van der Waals surface area contributed by atoms with Crippen LogP contribution in [0.15, 0.2) is 0 Å². The average molecular weight is 150 g/mol. The summed E-state index contributed by atoms with van der Waals surface area (Å²) in [5.74, 6) is 0.152. The molecule has 0 aliphatic rings. The lowest BCUT2D eigenvalue weighted by atomic mass is 10.8. The summed E-state index contributed by atoms with van der Waals surface area (Å²) in [4.78, 5) is 0. The first-order valence-corrected chi connectivity index (χ1v) is 4.38. The van der Waals surface area contributed by atoms with Crippen molar-refractivity contribution in [2.45, 2.75) is 6.92 Å². The molecule has 0 fully saturated rings. The Morgan fingerprint density at radius 3 is 2.11 bits per heavy atom. The van der Waals surface area contributed by atoms with Crippen molar-refractivity contribution in [1.82, 2.24) is 4.31 Å². The van der Waals surface area contributed by atoms with Crippen LogP contribution in [0.1, 0.15) is 6.92 Å². The topological polar surface area (TPSA) is 37.4 Å². The summed E-state index contributed by atoms with van der Waals surface area (Å²) < 4.78 is 22.9. The first kappa shape index (κ1) is 8.91. The van der Waals surface area contributed by atoms with E-state index in [1.54, 1.807) is 6.92 Å². The zero-order chi connectivity index (χ0) is 7.49. The van der Waals surface area contributed by atoms with Crippen LogP contribution in [-0.4, -0.2) is 32.1 Å². The minimum atomic E-state index is -2.98. The van der Waals surface area contributed by atoms with Crippen molar-refractivity contribution in [1.29, 1.82) is 0 Å². The van der Waals surface area contributed by atoms with Gasteiger partial charge >= 0.3 is 0 Å². The van der Waals surface area contributed by atoms with Crippen LogP contribution in [0.3, 0.4) is 0 Å². The summed E-state index contributed by atoms with van der Waals surface area (Å²) in [5.41, 5.74) is 0. The zero-order valence-electron chi connectivity index (χ0n) is 5.79. The van der Waals surface area contributed by atoms with Gasteiger partial charge in [-0.2, -0.15) is 0 Å². The standard InChI is InChI=1S/C5H12NO2S/c1-4-6(3)9(7,8)5-2/h1,4-5H2,2-3H3. The molecule has 4 heteroatoms. The third-order valence-electron chi connectivity index (χ3n) is 1.15. The summed E-state index contributed by atoms with van der Waals surface area (Å²) in [7, 11) is -1.46. The third kappa shape index (κ3) is 2.32. The molecular weight excluding hydrogens is 138 g/mol. The molecule has 3 nitrogen and oxygen atoms in total. The van der Waals surface area contributed by atoms with E-state index in [0.29, 0.717) is 6.54 Å². The van der Waals surface area contributed by atoms with Gasteiger partial charge in [0.25, 0.3) is 0 Å². The van der Waals surface area contributed by atoms with Crippen molar-refractivity contribution in [2.75, 3.05) is 19.3 Å². The Bertz CT molecular complexity index is 162. The first-order chi connectivity index (χ1) is 4.04. The highest BCUT2D eigenvalue weighted by Crippen LogP contribution is 1.94. The second-order valence-electron chi connectivity index (χ2n) is 1.72. The molecule has 0 bridgehead atoms. The molecule has 0 amide bonds. The number of sulfonamides is 1. The maximum absolute atomic E-state index is 10.8. The van der Waals surface area contributed by atoms with Gasteiger partial charge in [-0.05, 0) is 13.8 Å². The lowest BCUT2D eigenvalue weighted by Crippen LogP contribution is -2.27. The number of nitrogens with zero attached hydrogens (tertiary/aromatic N) is 1. The van der Waals surface area contributed by atoms with Gasteiger partial charge in [0.15, 0.2) is 0 Å². The molecule has 0 aliphatic carbocycles. The Balaban J connectivity index is 4.17. The molecule has 0 heterocycles. The molecule has 0 saturated heterocycles. The smallest absolute Gasteiger partial charge is 0.212 e. The van der Waals surface area contributed by atoms with Gasteiger partial charge in [0.05, 0.1) is 5.75 Å². The van der Waals surface area contributed by atoms with Crippen molar-refractivity contribution < 1.29 is 8.42 Å². The van der Waals surface area contributed by atoms with Gasteiger partial charge in [0, 0.05) is 13.6 Å². The Kier molecular flexibility index (Phi) is 3.14. The maximum Gasteiger partial charge on any atom is 0.213 e. The predicted octanol–water partition coefficient (Wildman–Crippen LogP) is 0.102. The lowest BCUT2D eigenvalue weighted by Gasteiger charge is -2.11. The van der Waals surface area contributed by atoms with E-state index in [4.69, 9.17) is 0 Å². The maximum atomic E-state index is 10.8. The molecular formula is C5H12NO2S. The summed E-state index contributed by atoms with van der Waals surface area (Å²) in [6.45, 7) is 5.36. The minimum absolute atomic E-state index is 0.152. The highest BCUT2D eigenvalue weighted by molar-refractivity contribution is 7.89. The second-order valence-corrected chi connectivity index (χ2v) is 4.09. The highest BCUT2D eigenvalue weighted by atomic mass is 32.2. The molecule has 55 valence electrons. The van der Waals surface area contributed by atoms with Crippen LogP contribution in [0.2, 0.25) is 0 Å². The number of hydrogen-bond donors (Lipinski definition) is 0. The van der Waals surface area contributed by atoms with Gasteiger partial charge in [-0.3, -0.25) is 0 Å². The number of hydrogen-bond acceptors (Lipinski definition) is 2. The van der Waals surface area contributed by atoms with Gasteiger partial charge in [0.1, 0.15) is 0 Å². The normalized spacial score (nSPS) is 12.4. The van der Waals surface area contributed by atoms with Gasteiger partial charge in [-0.25, -0.2) is 12.7 Å². The fourth-order valence-electron chi connectivity index (χ4n) is 0.359. The Labute approximate surface area is 56.7 Å². The van der Waals surface area contributed by atoms with Crippen LogP contribution in [0, 0.1) is 6.92 Å². The van der Waals surface area contributed by atoms with Gasteiger partial charge < -0.3 is 0 Å². The van der Waals surface area contributed by atoms with E-state index in [-0.39, 0.29) is 5.75 Å². The molecule has 0 unspecified atom stereocenters. The monoisotopic (exact) mass is 150 g/mol. The van der Waals surface area contributed by atoms with E-state index in [2.05, 4.69) is 6.92 Å². The summed E-state index contributed by atoms with van der Waals surface area (Å²) in [5, 5.41) is 0. The van der Waals surface area contributed by atoms with E-state index >= 15 is 0 Å². The van der Waals surface area contributed by atoms with Crippen LogP contribution in [-0.2, 0) is 10.0 Å². The van der Waals surface area contributed by atoms with Crippen LogP contribution >= 0.6 is 0 Å². The summed E-state index contributed by atoms with van der Waals surface area (Å²) in [6, 6.07) is 0. The fourth-order valence-corrected chi connectivity index (χ4v) is 1.08. The van der Waals surface area contributed by atoms with Crippen molar-refractivity contribution in [3.63, 3.8) is 0 Å². The molecule has 9 heavy (non-hydrogen) atoms. The van der Waals surface area contributed by atoms with Gasteiger partial charge in [0.2, 0.25) is 10.0 Å². The van der Waals surface area contributed by atoms with E-state index in [9.17, 15) is 8.42 Å². The van der Waals surface area contributed by atoms with Gasteiger partial charge in [-0.15, -0.1) is 0 Å². The van der Waals surface area contributed by atoms with Crippen LogP contribution in [0.5, 0.6) is 0 Å². The van der Waals surface area contributed by atoms with Crippen molar-refractivity contribution in [2.24, 2.45) is 0 Å². The molecule has 0 aromatic rings. The molecule has 0 aromatic heterocycles. The Morgan fingerprint density at radius 1 is 1.56 bits per heavy atom. The zero-order valence-corrected chi connectivity index (χ0v) is 6.61. The van der Waals surface area contributed by atoms with Crippen LogP contribution in [0.25, 0.3) is 0 Å². The molecule has 0 N–H and O–H groups in total. The Morgan fingerprint density at radius 2 is 2.00 bits per heavy atom. The molecule has 0 saturated carbocycles. The highest BCUT2D eigenvalue weighted by Gasteiger charge is 2.11. The molecule has 0 aliphatic heterocycles. The third-order valence-corrected chi connectivity index (χ3v) is 3.02. The van der Waals surface area contributed by atoms with Crippen molar-refractivity contribution >= 4 is 10.0 Å². The number of rotatable bonds is 3. The molecule has 0 spiro atoms. The minimum Gasteiger partial charge on any atom is -0.212 e. The lowest BCUT2D eigenvalue weighted by molar-refractivity contribution is 0.499. The van der Waals surface area contributed by atoms with Crippen LogP contribution < -0.4 is 0 Å². The van der Waals surface area contributed by atoms with E-state index in [1.165, 1.54) is 11.4 Å². The van der Waals surface area contributed by atoms with E-state index in [1.807, 2.05) is 0 Å². The molecule has 0 rings (SSSR count). The van der Waals surface area contributed by atoms with Gasteiger partial charge in [-0.1, -0.05) is 0 Å². The average Bonchev–Trinajstić information content (AvgIpc) is 1.86. The predicted molar refractivity (Wildman–Crippen MR) is 37.4 cm³/mol. The Hall–Kier alpha value is -0.0900. The van der Waals surface area contributed by atoms with Crippen molar-refractivity contribution in [3.05, 3.63) is 6.92 Å². The van der Waals surface area contributed by atoms with E-state index in [0.717, 1.165) is 0 Å². The summed E-state index contributed by atoms with van der Waals surface area (Å²) >= 11 is 0. The molecule has 0 aromatic carbocycles. The largest absolute Gasteiger partial charge is 0.213 e. The second kappa shape index (κ2) is 3.17. The van der Waals surface area contributed by atoms with E-state index < -0.39 is 10.0 Å². The van der Waals surface area contributed by atoms with Crippen LogP contribution in [0.4, 0.5) is 0 Å². The summed E-state index contributed by atoms with van der Waals surface area (Å²) in [6.07, 6.45) is 0. The SMILES string of the molecule is [CH2]CN(C)S(=O)(=O)CC. The first-order valence-electron chi connectivity index (χ1n) is 2.78.